The van der Waals surface area contributed by atoms with E-state index in [1.807, 2.05) is 13.8 Å². The molecule has 11 nitrogen and oxygen atoms in total. The first kappa shape index (κ1) is 25.1. The number of fused-ring (bicyclic) bond motifs is 1. The summed E-state index contributed by atoms with van der Waals surface area (Å²) in [5, 5.41) is 2.85. The van der Waals surface area contributed by atoms with Crippen molar-refractivity contribution in [3.8, 4) is 0 Å². The second-order valence-corrected chi connectivity index (χ2v) is 11.3. The van der Waals surface area contributed by atoms with Gasteiger partial charge >= 0.3 is 19.4 Å². The summed E-state index contributed by atoms with van der Waals surface area (Å²) >= 11 is 6.74. The van der Waals surface area contributed by atoms with Gasteiger partial charge in [-0.15, -0.1) is 11.6 Å². The molecule has 2 aliphatic heterocycles. The zero-order valence-corrected chi connectivity index (χ0v) is 20.2. The van der Waals surface area contributed by atoms with Gasteiger partial charge in [-0.1, -0.05) is 27.7 Å². The number of alkyl halides is 1. The van der Waals surface area contributed by atoms with Crippen molar-refractivity contribution in [3.63, 3.8) is 0 Å². The fraction of sp³-hybridized carbons (Fsp3) is 0.737. The molecule has 2 saturated heterocycles. The number of rotatable bonds is 7. The molecule has 180 valence electrons. The lowest BCUT2D eigenvalue weighted by Crippen LogP contribution is -2.48. The molecule has 0 spiro atoms. The van der Waals surface area contributed by atoms with E-state index in [1.54, 1.807) is 20.8 Å². The summed E-state index contributed by atoms with van der Waals surface area (Å²) in [5.41, 5.74) is -1.24. The molecule has 1 aromatic heterocycles. The molecule has 0 bridgehead atoms. The maximum atomic E-state index is 13.4. The first-order valence-corrected chi connectivity index (χ1v) is 12.3. The summed E-state index contributed by atoms with van der Waals surface area (Å²) in [6.45, 7) is 8.70. The van der Waals surface area contributed by atoms with Crippen LogP contribution in [0.25, 0.3) is 0 Å². The normalized spacial score (nSPS) is 33.3. The highest BCUT2D eigenvalue weighted by Crippen LogP contribution is 2.57. The smallest absolute Gasteiger partial charge is 0.406 e. The average Bonchev–Trinajstić information content (AvgIpc) is 2.94. The number of hydrogen-bond donors (Lipinski definition) is 2. The fourth-order valence-electron chi connectivity index (χ4n) is 3.46. The Morgan fingerprint density at radius 2 is 2.09 bits per heavy atom. The minimum Gasteiger partial charge on any atom is -0.464 e. The summed E-state index contributed by atoms with van der Waals surface area (Å²) in [4.78, 5) is 36.3. The van der Waals surface area contributed by atoms with Crippen LogP contribution in [0.2, 0.25) is 0 Å². The van der Waals surface area contributed by atoms with Crippen LogP contribution in [0.1, 0.15) is 40.8 Å². The molecule has 2 aliphatic rings. The van der Waals surface area contributed by atoms with Gasteiger partial charge in [-0.3, -0.25) is 28.2 Å². The Balaban J connectivity index is 1.76. The fourth-order valence-corrected chi connectivity index (χ4v) is 5.84. The van der Waals surface area contributed by atoms with Crippen molar-refractivity contribution < 1.29 is 27.9 Å². The van der Waals surface area contributed by atoms with Crippen molar-refractivity contribution >= 4 is 25.3 Å². The molecule has 1 aromatic rings. The quantitative estimate of drug-likeness (QED) is 0.330. The highest BCUT2D eigenvalue weighted by atomic mass is 35.5. The van der Waals surface area contributed by atoms with Gasteiger partial charge in [0, 0.05) is 12.3 Å². The number of nitrogens with zero attached hydrogens (tertiary/aromatic N) is 1. The predicted octanol–water partition coefficient (Wildman–Crippen LogP) is 1.77. The molecular weight excluding hydrogens is 465 g/mol. The topological polar surface area (TPSA) is 138 Å². The van der Waals surface area contributed by atoms with E-state index in [0.29, 0.717) is 0 Å². The van der Waals surface area contributed by atoms with Crippen LogP contribution in [0, 0.1) is 11.8 Å². The van der Waals surface area contributed by atoms with E-state index in [9.17, 15) is 18.9 Å². The minimum absolute atomic E-state index is 0.0104. The lowest BCUT2D eigenvalue weighted by atomic mass is 10.0. The predicted molar refractivity (Wildman–Crippen MR) is 115 cm³/mol. The number of H-pyrrole nitrogens is 1. The summed E-state index contributed by atoms with van der Waals surface area (Å²) in [5.74, 6) is -0.712. The van der Waals surface area contributed by atoms with Crippen molar-refractivity contribution in [2.75, 3.05) is 13.2 Å². The Hall–Kier alpha value is -1.49. The molecule has 3 heterocycles. The lowest BCUT2D eigenvalue weighted by Gasteiger charge is -2.37. The number of carbonyl (C=O) groups excluding carboxylic acids is 1. The van der Waals surface area contributed by atoms with E-state index >= 15 is 0 Å². The SMILES string of the molecule is CC(C)C(=O)OC[C@@H](N[P@]1(=O)OC[C@H]2O[C@@H](n3ccc(=O)[nH]c3=O)[C@](C)(Cl)[C@@H]2O1)C(C)C. The van der Waals surface area contributed by atoms with Crippen LogP contribution >= 0.6 is 19.3 Å². The third-order valence-electron chi connectivity index (χ3n) is 5.45. The lowest BCUT2D eigenvalue weighted by molar-refractivity contribution is -0.148. The van der Waals surface area contributed by atoms with E-state index in [-0.39, 0.29) is 31.0 Å². The van der Waals surface area contributed by atoms with Gasteiger partial charge in [0.05, 0.1) is 18.6 Å². The number of halogens is 1. The molecule has 32 heavy (non-hydrogen) atoms. The van der Waals surface area contributed by atoms with Gasteiger partial charge in [0.15, 0.2) is 6.23 Å². The van der Waals surface area contributed by atoms with Gasteiger partial charge in [0.25, 0.3) is 5.56 Å². The number of ether oxygens (including phenoxy) is 2. The highest BCUT2D eigenvalue weighted by molar-refractivity contribution is 7.51. The Bertz CT molecular complexity index is 1010. The number of nitrogens with one attached hydrogen (secondary N) is 2. The third-order valence-corrected chi connectivity index (χ3v) is 7.49. The second kappa shape index (κ2) is 9.40. The molecule has 13 heteroatoms. The molecule has 0 aromatic carbocycles. The van der Waals surface area contributed by atoms with Crippen molar-refractivity contribution in [2.45, 2.75) is 64.0 Å². The van der Waals surface area contributed by atoms with Gasteiger partial charge in [-0.25, -0.2) is 14.4 Å². The summed E-state index contributed by atoms with van der Waals surface area (Å²) in [6.07, 6.45) is -1.29. The zero-order chi connectivity index (χ0) is 23.8. The molecule has 2 fully saturated rings. The van der Waals surface area contributed by atoms with Crippen LogP contribution in [-0.2, 0) is 27.9 Å². The summed E-state index contributed by atoms with van der Waals surface area (Å²) in [6, 6.07) is 0.677. The number of esters is 1. The molecule has 3 rings (SSSR count). The van der Waals surface area contributed by atoms with Crippen molar-refractivity contribution in [1.82, 2.24) is 14.6 Å². The van der Waals surface area contributed by atoms with E-state index in [2.05, 4.69) is 10.1 Å². The minimum atomic E-state index is -3.85. The van der Waals surface area contributed by atoms with Crippen LogP contribution in [0.3, 0.4) is 0 Å². The number of aromatic amines is 1. The standard InChI is InChI=1S/C19H29ClN3O8P/c1-10(2)12(8-28-16(25)11(3)4)22-32(27)29-9-13-15(31-32)19(5,20)17(30-13)23-7-6-14(24)21-18(23)26/h6-7,10-13,15,17H,8-9H2,1-5H3,(H,22,27)(H,21,24,26)/t12-,13-,15-,17-,19-,32+/m1/s1. The van der Waals surface area contributed by atoms with Crippen LogP contribution in [-0.4, -0.2) is 51.9 Å². The molecule has 0 aliphatic carbocycles. The monoisotopic (exact) mass is 493 g/mol. The van der Waals surface area contributed by atoms with Crippen LogP contribution in [0.4, 0.5) is 0 Å². The first-order chi connectivity index (χ1) is 14.8. The highest BCUT2D eigenvalue weighted by Gasteiger charge is 2.60. The first-order valence-electron chi connectivity index (χ1n) is 10.4. The van der Waals surface area contributed by atoms with Gasteiger partial charge in [-0.2, -0.15) is 0 Å². The molecule has 2 N–H and O–H groups in total. The van der Waals surface area contributed by atoms with E-state index in [0.717, 1.165) is 4.57 Å². The van der Waals surface area contributed by atoms with Gasteiger partial charge < -0.3 is 9.47 Å². The van der Waals surface area contributed by atoms with Crippen LogP contribution < -0.4 is 16.3 Å². The van der Waals surface area contributed by atoms with E-state index < -0.39 is 48.3 Å². The van der Waals surface area contributed by atoms with E-state index in [1.165, 1.54) is 12.3 Å². The van der Waals surface area contributed by atoms with Crippen LogP contribution in [0.5, 0.6) is 0 Å². The molecule has 0 radical (unpaired) electrons. The Morgan fingerprint density at radius 3 is 2.69 bits per heavy atom. The molecule has 0 unspecified atom stereocenters. The number of hydrogen-bond acceptors (Lipinski definition) is 8. The second-order valence-electron chi connectivity index (χ2n) is 8.78. The Morgan fingerprint density at radius 1 is 1.41 bits per heavy atom. The van der Waals surface area contributed by atoms with Crippen molar-refractivity contribution in [1.29, 1.82) is 0 Å². The van der Waals surface area contributed by atoms with Gasteiger partial charge in [0.1, 0.15) is 23.7 Å². The number of carbonyl (C=O) groups is 1. The van der Waals surface area contributed by atoms with Crippen LogP contribution in [0.15, 0.2) is 21.9 Å². The van der Waals surface area contributed by atoms with Crippen molar-refractivity contribution in [2.24, 2.45) is 11.8 Å². The molecule has 0 saturated carbocycles. The zero-order valence-electron chi connectivity index (χ0n) is 18.6. The number of aromatic nitrogens is 2. The summed E-state index contributed by atoms with van der Waals surface area (Å²) in [7, 11) is -3.85. The molecule has 0 amide bonds. The van der Waals surface area contributed by atoms with Crippen molar-refractivity contribution in [3.05, 3.63) is 33.1 Å². The van der Waals surface area contributed by atoms with Gasteiger partial charge in [-0.05, 0) is 12.8 Å². The average molecular weight is 494 g/mol. The summed E-state index contributed by atoms with van der Waals surface area (Å²) < 4.78 is 37.0. The Kier molecular flexibility index (Phi) is 7.39. The largest absolute Gasteiger partial charge is 0.464 e. The third kappa shape index (κ3) is 5.18. The molecule has 6 atom stereocenters. The van der Waals surface area contributed by atoms with E-state index in [4.69, 9.17) is 30.1 Å². The molecular formula is C19H29ClN3O8P. The Labute approximate surface area is 190 Å². The maximum Gasteiger partial charge on any atom is 0.406 e. The maximum absolute atomic E-state index is 13.4. The van der Waals surface area contributed by atoms with Gasteiger partial charge in [0.2, 0.25) is 0 Å².